The van der Waals surface area contributed by atoms with E-state index in [4.69, 9.17) is 28.4 Å². The highest BCUT2D eigenvalue weighted by Crippen LogP contribution is 2.45. The van der Waals surface area contributed by atoms with Gasteiger partial charge in [0.1, 0.15) is 18.5 Å². The molecule has 4 aliphatic rings. The molecule has 5 rings (SSSR count). The minimum absolute atomic E-state index is 0.0227. The van der Waals surface area contributed by atoms with Crippen LogP contribution in [0.15, 0.2) is 36.4 Å². The second-order valence-electron chi connectivity index (χ2n) is 10.5. The van der Waals surface area contributed by atoms with Crippen LogP contribution in [0.2, 0.25) is 0 Å². The van der Waals surface area contributed by atoms with Crippen molar-refractivity contribution in [2.45, 2.75) is 94.7 Å². The molecule has 0 aromatic heterocycles. The van der Waals surface area contributed by atoms with Gasteiger partial charge >= 0.3 is 6.18 Å². The molecule has 3 aliphatic heterocycles. The maximum atomic E-state index is 13.2. The van der Waals surface area contributed by atoms with Gasteiger partial charge in [-0.2, -0.15) is 13.2 Å². The molecule has 8 atom stereocenters. The standard InChI is InChI=1S/C28H37F3O7/c29-28(30,31)18-6-5-7-19(14-18)35-17-20(36-26-8-1-3-12-33-26)10-11-21-22-15-25(32)37-24(22)16-23(21)38-27-9-2-4-13-34-27/h5-7,10-11,14,20-27,32H,1-4,8-9,12-13,15-17H2. The van der Waals surface area contributed by atoms with E-state index in [-0.39, 0.29) is 42.7 Å². The van der Waals surface area contributed by atoms with Crippen LogP contribution in [0.5, 0.6) is 5.75 Å². The summed E-state index contributed by atoms with van der Waals surface area (Å²) in [7, 11) is 0. The number of hydrogen-bond acceptors (Lipinski definition) is 7. The number of aliphatic hydroxyl groups is 1. The van der Waals surface area contributed by atoms with E-state index in [9.17, 15) is 18.3 Å². The molecule has 7 nitrogen and oxygen atoms in total. The first-order valence-electron chi connectivity index (χ1n) is 13.7. The lowest BCUT2D eigenvalue weighted by Gasteiger charge is -2.30. The van der Waals surface area contributed by atoms with Gasteiger partial charge in [-0.3, -0.25) is 0 Å². The van der Waals surface area contributed by atoms with Crippen LogP contribution in [0, 0.1) is 11.8 Å². The van der Waals surface area contributed by atoms with Crippen molar-refractivity contribution in [3.8, 4) is 5.75 Å². The average molecular weight is 543 g/mol. The molecule has 1 aliphatic carbocycles. The van der Waals surface area contributed by atoms with E-state index in [0.717, 1.165) is 50.7 Å². The first-order chi connectivity index (χ1) is 18.3. The molecular weight excluding hydrogens is 505 g/mol. The van der Waals surface area contributed by atoms with E-state index in [1.54, 1.807) is 0 Å². The number of aliphatic hydroxyl groups excluding tert-OH is 1. The summed E-state index contributed by atoms with van der Waals surface area (Å²) >= 11 is 0. The number of alkyl halides is 3. The van der Waals surface area contributed by atoms with Gasteiger partial charge in [-0.15, -0.1) is 0 Å². The molecule has 3 heterocycles. The Labute approximate surface area is 221 Å². The largest absolute Gasteiger partial charge is 0.491 e. The molecule has 1 saturated carbocycles. The van der Waals surface area contributed by atoms with Gasteiger partial charge in [0, 0.05) is 32.0 Å². The van der Waals surface area contributed by atoms with Crippen molar-refractivity contribution in [2.24, 2.45) is 11.8 Å². The molecule has 3 saturated heterocycles. The van der Waals surface area contributed by atoms with Crippen molar-refractivity contribution >= 4 is 0 Å². The number of hydrogen-bond donors (Lipinski definition) is 1. The average Bonchev–Trinajstić information content (AvgIpc) is 3.42. The lowest BCUT2D eigenvalue weighted by Crippen LogP contribution is -2.32. The van der Waals surface area contributed by atoms with Crippen LogP contribution < -0.4 is 4.74 Å². The zero-order chi connectivity index (χ0) is 26.5. The molecule has 4 fully saturated rings. The van der Waals surface area contributed by atoms with Crippen LogP contribution in [0.25, 0.3) is 0 Å². The Morgan fingerprint density at radius 3 is 2.50 bits per heavy atom. The Hall–Kier alpha value is -1.69. The molecule has 1 N–H and O–H groups in total. The van der Waals surface area contributed by atoms with E-state index < -0.39 is 30.4 Å². The third-order valence-corrected chi connectivity index (χ3v) is 7.72. The normalized spacial score (nSPS) is 34.9. The third-order valence-electron chi connectivity index (χ3n) is 7.72. The predicted molar refractivity (Wildman–Crippen MR) is 130 cm³/mol. The zero-order valence-electron chi connectivity index (χ0n) is 21.4. The maximum Gasteiger partial charge on any atom is 0.416 e. The van der Waals surface area contributed by atoms with Crippen molar-refractivity contribution in [1.82, 2.24) is 0 Å². The van der Waals surface area contributed by atoms with Gasteiger partial charge in [-0.25, -0.2) is 0 Å². The van der Waals surface area contributed by atoms with Crippen LogP contribution in [0.3, 0.4) is 0 Å². The van der Waals surface area contributed by atoms with Crippen LogP contribution in [0.4, 0.5) is 13.2 Å². The zero-order valence-corrected chi connectivity index (χ0v) is 21.4. The summed E-state index contributed by atoms with van der Waals surface area (Å²) in [4.78, 5) is 0. The Morgan fingerprint density at radius 2 is 1.79 bits per heavy atom. The predicted octanol–water partition coefficient (Wildman–Crippen LogP) is 5.21. The van der Waals surface area contributed by atoms with E-state index in [0.29, 0.717) is 26.1 Å². The smallest absolute Gasteiger partial charge is 0.416 e. The fraction of sp³-hybridized carbons (Fsp3) is 0.714. The molecule has 38 heavy (non-hydrogen) atoms. The van der Waals surface area contributed by atoms with Gasteiger partial charge in [0.15, 0.2) is 18.9 Å². The summed E-state index contributed by atoms with van der Waals surface area (Å²) in [5, 5.41) is 10.1. The number of rotatable bonds is 9. The van der Waals surface area contributed by atoms with Crippen molar-refractivity contribution < 1.29 is 46.7 Å². The topological polar surface area (TPSA) is 75.6 Å². The fourth-order valence-corrected chi connectivity index (χ4v) is 5.81. The fourth-order valence-electron chi connectivity index (χ4n) is 5.81. The molecule has 0 spiro atoms. The van der Waals surface area contributed by atoms with Gasteiger partial charge in [-0.1, -0.05) is 18.2 Å². The molecule has 212 valence electrons. The Morgan fingerprint density at radius 1 is 1.03 bits per heavy atom. The summed E-state index contributed by atoms with van der Waals surface area (Å²) in [6, 6.07) is 4.83. The van der Waals surface area contributed by atoms with Crippen LogP contribution in [0.1, 0.15) is 56.9 Å². The Kier molecular flexibility index (Phi) is 9.28. The van der Waals surface area contributed by atoms with Gasteiger partial charge in [-0.05, 0) is 62.6 Å². The van der Waals surface area contributed by atoms with Gasteiger partial charge in [0.05, 0.1) is 17.8 Å². The number of halogens is 3. The first kappa shape index (κ1) is 27.9. The van der Waals surface area contributed by atoms with E-state index in [2.05, 4.69) is 0 Å². The first-order valence-corrected chi connectivity index (χ1v) is 13.7. The molecule has 0 amide bonds. The second kappa shape index (κ2) is 12.7. The summed E-state index contributed by atoms with van der Waals surface area (Å²) in [5.74, 6) is 0.177. The lowest BCUT2D eigenvalue weighted by molar-refractivity contribution is -0.196. The van der Waals surface area contributed by atoms with E-state index in [1.165, 1.54) is 12.1 Å². The number of ether oxygens (including phenoxy) is 6. The highest BCUT2D eigenvalue weighted by atomic mass is 19.4. The molecular formula is C28H37F3O7. The molecule has 0 bridgehead atoms. The number of benzene rings is 1. The summed E-state index contributed by atoms with van der Waals surface area (Å²) in [5.41, 5.74) is -0.764. The summed E-state index contributed by atoms with van der Waals surface area (Å²) < 4.78 is 75.0. The van der Waals surface area contributed by atoms with Crippen LogP contribution in [-0.2, 0) is 29.9 Å². The van der Waals surface area contributed by atoms with Crippen molar-refractivity contribution in [1.29, 1.82) is 0 Å². The van der Waals surface area contributed by atoms with Crippen molar-refractivity contribution in [3.05, 3.63) is 42.0 Å². The Bertz CT molecular complexity index is 914. The van der Waals surface area contributed by atoms with Crippen LogP contribution >= 0.6 is 0 Å². The van der Waals surface area contributed by atoms with Gasteiger partial charge in [0.2, 0.25) is 0 Å². The number of fused-ring (bicyclic) bond motifs is 1. The van der Waals surface area contributed by atoms with Gasteiger partial charge in [0.25, 0.3) is 0 Å². The van der Waals surface area contributed by atoms with Gasteiger partial charge < -0.3 is 33.5 Å². The molecule has 0 radical (unpaired) electrons. The monoisotopic (exact) mass is 542 g/mol. The minimum atomic E-state index is -4.45. The SMILES string of the molecule is OC1CC2C(CC(OC3CCCCO3)C2C=CC(COc2cccc(C(F)(F)F)c2)OC2CCCCO2)O1. The summed E-state index contributed by atoms with van der Waals surface area (Å²) in [6.45, 7) is 1.31. The van der Waals surface area contributed by atoms with E-state index in [1.807, 2.05) is 12.2 Å². The molecule has 1 aromatic carbocycles. The highest BCUT2D eigenvalue weighted by Gasteiger charge is 2.49. The highest BCUT2D eigenvalue weighted by molar-refractivity contribution is 5.30. The quantitative estimate of drug-likeness (QED) is 0.430. The second-order valence-corrected chi connectivity index (χ2v) is 10.5. The lowest BCUT2D eigenvalue weighted by atomic mass is 9.91. The maximum absolute atomic E-state index is 13.2. The third kappa shape index (κ3) is 7.28. The van der Waals surface area contributed by atoms with E-state index >= 15 is 0 Å². The Balaban J connectivity index is 1.29. The van der Waals surface area contributed by atoms with Crippen molar-refractivity contribution in [2.75, 3.05) is 19.8 Å². The molecule has 1 aromatic rings. The molecule has 8 unspecified atom stereocenters. The molecule has 10 heteroatoms. The summed E-state index contributed by atoms with van der Waals surface area (Å²) in [6.07, 6.45) is 4.05. The van der Waals surface area contributed by atoms with Crippen LogP contribution in [-0.4, -0.2) is 62.1 Å². The minimum Gasteiger partial charge on any atom is -0.491 e. The van der Waals surface area contributed by atoms with Crippen molar-refractivity contribution in [3.63, 3.8) is 0 Å².